The highest BCUT2D eigenvalue weighted by Crippen LogP contribution is 2.31. The highest BCUT2D eigenvalue weighted by molar-refractivity contribution is 7.98. The molecular formula is C18H15N5OS2. The number of thiophene rings is 1. The van der Waals surface area contributed by atoms with E-state index in [4.69, 9.17) is 0 Å². The van der Waals surface area contributed by atoms with Gasteiger partial charge in [-0.3, -0.25) is 4.79 Å². The van der Waals surface area contributed by atoms with Crippen molar-refractivity contribution in [2.24, 2.45) is 0 Å². The first-order valence-corrected chi connectivity index (χ1v) is 9.94. The molecule has 8 heteroatoms. The Morgan fingerprint density at radius 1 is 1.19 bits per heavy atom. The smallest absolute Gasteiger partial charge is 0.266 e. The maximum Gasteiger partial charge on any atom is 0.266 e. The highest BCUT2D eigenvalue weighted by Gasteiger charge is 2.16. The number of thioether (sulfide) groups is 1. The number of hydrogen-bond acceptors (Lipinski definition) is 6. The fourth-order valence-electron chi connectivity index (χ4n) is 2.76. The lowest BCUT2D eigenvalue weighted by Gasteiger charge is -2.07. The lowest BCUT2D eigenvalue weighted by Crippen LogP contribution is -2.11. The van der Waals surface area contributed by atoms with Crippen molar-refractivity contribution in [1.82, 2.24) is 20.2 Å². The first-order chi connectivity index (χ1) is 12.7. The molecule has 0 radical (unpaired) electrons. The van der Waals surface area contributed by atoms with E-state index in [0.29, 0.717) is 10.8 Å². The summed E-state index contributed by atoms with van der Waals surface area (Å²) in [4.78, 5) is 13.5. The van der Waals surface area contributed by atoms with Gasteiger partial charge in [-0.2, -0.15) is 4.68 Å². The fourth-order valence-corrected chi connectivity index (χ4v) is 4.30. The Labute approximate surface area is 158 Å². The monoisotopic (exact) mass is 381 g/mol. The van der Waals surface area contributed by atoms with Crippen LogP contribution in [-0.2, 0) is 0 Å². The number of benzene rings is 2. The number of nitrogens with zero attached hydrogens (tertiary/aromatic N) is 4. The number of nitrogens with one attached hydrogen (secondary N) is 1. The third-order valence-electron chi connectivity index (χ3n) is 4.02. The molecule has 0 spiro atoms. The molecule has 1 amide bonds. The Balaban J connectivity index is 1.64. The summed E-state index contributed by atoms with van der Waals surface area (Å²) in [6.45, 7) is 1.98. The molecule has 0 aliphatic carbocycles. The standard InChI is InChI=1S/C18H15N5OS2/c1-11-14-8-3-4-9-15(14)26-16(11)17(24)19-12-6-5-7-13(10-12)23-18(25-2)20-21-22-23/h3-10H,1-2H3,(H,19,24). The van der Waals surface area contributed by atoms with Gasteiger partial charge in [0.05, 0.1) is 10.6 Å². The molecule has 130 valence electrons. The van der Waals surface area contributed by atoms with Crippen LogP contribution in [0.3, 0.4) is 0 Å². The van der Waals surface area contributed by atoms with Crippen LogP contribution < -0.4 is 5.32 Å². The molecule has 1 N–H and O–H groups in total. The third-order valence-corrected chi connectivity index (χ3v) is 5.91. The first-order valence-electron chi connectivity index (χ1n) is 7.89. The maximum atomic E-state index is 12.8. The summed E-state index contributed by atoms with van der Waals surface area (Å²) in [7, 11) is 0. The van der Waals surface area contributed by atoms with Gasteiger partial charge in [-0.05, 0) is 58.8 Å². The summed E-state index contributed by atoms with van der Waals surface area (Å²) in [6.07, 6.45) is 1.91. The number of amides is 1. The molecular weight excluding hydrogens is 366 g/mol. The van der Waals surface area contributed by atoms with E-state index in [1.165, 1.54) is 23.1 Å². The van der Waals surface area contributed by atoms with Crippen molar-refractivity contribution in [3.63, 3.8) is 0 Å². The topological polar surface area (TPSA) is 72.7 Å². The number of tetrazole rings is 1. The van der Waals surface area contributed by atoms with E-state index in [9.17, 15) is 4.79 Å². The zero-order chi connectivity index (χ0) is 18.1. The van der Waals surface area contributed by atoms with Gasteiger partial charge in [-0.25, -0.2) is 0 Å². The number of carbonyl (C=O) groups is 1. The van der Waals surface area contributed by atoms with Gasteiger partial charge in [0, 0.05) is 10.4 Å². The first kappa shape index (κ1) is 16.7. The highest BCUT2D eigenvalue weighted by atomic mass is 32.2. The predicted molar refractivity (Wildman–Crippen MR) is 105 cm³/mol. The van der Waals surface area contributed by atoms with Gasteiger partial charge >= 0.3 is 0 Å². The average molecular weight is 381 g/mol. The fraction of sp³-hybridized carbons (Fsp3) is 0.111. The van der Waals surface area contributed by atoms with E-state index in [-0.39, 0.29) is 5.91 Å². The molecule has 0 aliphatic rings. The number of rotatable bonds is 4. The Morgan fingerprint density at radius 3 is 2.85 bits per heavy atom. The van der Waals surface area contributed by atoms with Crippen LogP contribution in [0.1, 0.15) is 15.2 Å². The van der Waals surface area contributed by atoms with E-state index in [0.717, 1.165) is 26.2 Å². The van der Waals surface area contributed by atoms with Crippen molar-refractivity contribution >= 4 is 44.8 Å². The Hall–Kier alpha value is -2.71. The van der Waals surface area contributed by atoms with Crippen LogP contribution in [0.2, 0.25) is 0 Å². The van der Waals surface area contributed by atoms with Gasteiger partial charge in [-0.1, -0.05) is 36.0 Å². The lowest BCUT2D eigenvalue weighted by molar-refractivity contribution is 0.103. The van der Waals surface area contributed by atoms with Crippen LogP contribution in [0.25, 0.3) is 15.8 Å². The number of hydrogen-bond donors (Lipinski definition) is 1. The quantitative estimate of drug-likeness (QED) is 0.537. The van der Waals surface area contributed by atoms with Crippen molar-refractivity contribution < 1.29 is 4.79 Å². The van der Waals surface area contributed by atoms with Gasteiger partial charge in [0.2, 0.25) is 5.16 Å². The van der Waals surface area contributed by atoms with Crippen molar-refractivity contribution in [2.75, 3.05) is 11.6 Å². The molecule has 2 heterocycles. The van der Waals surface area contributed by atoms with Crippen LogP contribution in [0.4, 0.5) is 5.69 Å². The van der Waals surface area contributed by atoms with Gasteiger partial charge in [0.15, 0.2) is 0 Å². The van der Waals surface area contributed by atoms with Crippen LogP contribution >= 0.6 is 23.1 Å². The number of carbonyl (C=O) groups excluding carboxylic acids is 1. The van der Waals surface area contributed by atoms with Crippen molar-refractivity contribution in [3.8, 4) is 5.69 Å². The SMILES string of the molecule is CSc1nnnn1-c1cccc(NC(=O)c2sc3ccccc3c2C)c1. The Kier molecular flexibility index (Phi) is 4.44. The van der Waals surface area contributed by atoms with E-state index in [1.54, 1.807) is 4.68 Å². The number of anilines is 1. The van der Waals surface area contributed by atoms with Gasteiger partial charge < -0.3 is 5.32 Å². The van der Waals surface area contributed by atoms with Crippen molar-refractivity contribution in [1.29, 1.82) is 0 Å². The number of aryl methyl sites for hydroxylation is 1. The van der Waals surface area contributed by atoms with Gasteiger partial charge in [-0.15, -0.1) is 16.4 Å². The molecule has 0 saturated heterocycles. The third kappa shape index (κ3) is 2.97. The Bertz CT molecular complexity index is 1100. The normalized spacial score (nSPS) is 11.0. The van der Waals surface area contributed by atoms with Crippen LogP contribution in [-0.4, -0.2) is 32.4 Å². The molecule has 0 unspecified atom stereocenters. The van der Waals surface area contributed by atoms with Crippen molar-refractivity contribution in [3.05, 3.63) is 59.0 Å². The molecule has 0 saturated carbocycles. The minimum Gasteiger partial charge on any atom is -0.321 e. The second kappa shape index (κ2) is 6.89. The largest absolute Gasteiger partial charge is 0.321 e. The van der Waals surface area contributed by atoms with E-state index in [1.807, 2.05) is 61.7 Å². The molecule has 26 heavy (non-hydrogen) atoms. The summed E-state index contributed by atoms with van der Waals surface area (Å²) in [6, 6.07) is 15.5. The minimum atomic E-state index is -0.109. The molecule has 0 atom stereocenters. The average Bonchev–Trinajstić information content (AvgIpc) is 3.27. The minimum absolute atomic E-state index is 0.109. The summed E-state index contributed by atoms with van der Waals surface area (Å²) in [5.74, 6) is -0.109. The maximum absolute atomic E-state index is 12.8. The van der Waals surface area contributed by atoms with E-state index < -0.39 is 0 Å². The second-order valence-corrected chi connectivity index (χ2v) is 7.46. The molecule has 0 aliphatic heterocycles. The molecule has 4 rings (SSSR count). The van der Waals surface area contributed by atoms with Crippen molar-refractivity contribution in [2.45, 2.75) is 12.1 Å². The Morgan fingerprint density at radius 2 is 2.04 bits per heavy atom. The van der Waals surface area contributed by atoms with E-state index in [2.05, 4.69) is 20.8 Å². The predicted octanol–water partition coefficient (Wildman–Crippen LogP) is 4.16. The summed E-state index contributed by atoms with van der Waals surface area (Å²) in [5, 5.41) is 16.5. The molecule has 0 bridgehead atoms. The summed E-state index contributed by atoms with van der Waals surface area (Å²) in [5.41, 5.74) is 2.50. The summed E-state index contributed by atoms with van der Waals surface area (Å²) < 4.78 is 2.76. The van der Waals surface area contributed by atoms with Gasteiger partial charge in [0.25, 0.3) is 5.91 Å². The molecule has 0 fully saturated rings. The van der Waals surface area contributed by atoms with Crippen LogP contribution in [0.5, 0.6) is 0 Å². The molecule has 2 aromatic heterocycles. The van der Waals surface area contributed by atoms with Gasteiger partial charge in [0.1, 0.15) is 0 Å². The number of aromatic nitrogens is 4. The molecule has 6 nitrogen and oxygen atoms in total. The van der Waals surface area contributed by atoms with Crippen LogP contribution in [0.15, 0.2) is 53.7 Å². The zero-order valence-electron chi connectivity index (χ0n) is 14.1. The van der Waals surface area contributed by atoms with Crippen LogP contribution in [0, 0.1) is 6.92 Å². The number of fused-ring (bicyclic) bond motifs is 1. The zero-order valence-corrected chi connectivity index (χ0v) is 15.8. The molecule has 2 aromatic carbocycles. The molecule has 4 aromatic rings. The second-order valence-electron chi connectivity index (χ2n) is 5.63. The summed E-state index contributed by atoms with van der Waals surface area (Å²) >= 11 is 2.97. The lowest BCUT2D eigenvalue weighted by atomic mass is 10.1. The van der Waals surface area contributed by atoms with E-state index >= 15 is 0 Å².